The largest absolute Gasteiger partial charge is 0.395 e. The van der Waals surface area contributed by atoms with E-state index in [1.165, 1.54) is 6.20 Å². The Balaban J connectivity index is 3.05. The van der Waals surface area contributed by atoms with Crippen LogP contribution in [0.4, 0.5) is 0 Å². The molecule has 1 heterocycles. The fourth-order valence-corrected chi connectivity index (χ4v) is 1.94. The van der Waals surface area contributed by atoms with Gasteiger partial charge < -0.3 is 10.1 Å². The number of nitrogens with one attached hydrogen (secondary N) is 2. The van der Waals surface area contributed by atoms with Crippen molar-refractivity contribution in [1.82, 2.24) is 9.71 Å². The number of H-pyrrole nitrogens is 1. The predicted molar refractivity (Wildman–Crippen MR) is 49.3 cm³/mol. The monoisotopic (exact) mass is 218 g/mol. The molecule has 0 radical (unpaired) electrons. The summed E-state index contributed by atoms with van der Waals surface area (Å²) in [5, 5.41) is 8.43. The Morgan fingerprint density at radius 1 is 1.50 bits per heavy atom. The Hall–Kier alpha value is -1.18. The van der Waals surface area contributed by atoms with Crippen molar-refractivity contribution in [2.75, 3.05) is 13.2 Å². The number of aromatic amines is 1. The van der Waals surface area contributed by atoms with Crippen LogP contribution in [0.3, 0.4) is 0 Å². The molecule has 7 heteroatoms. The van der Waals surface area contributed by atoms with Crippen molar-refractivity contribution in [3.8, 4) is 0 Å². The third-order valence-corrected chi connectivity index (χ3v) is 2.96. The van der Waals surface area contributed by atoms with Crippen molar-refractivity contribution in [2.45, 2.75) is 4.90 Å². The van der Waals surface area contributed by atoms with Gasteiger partial charge in [-0.05, 0) is 0 Å². The van der Waals surface area contributed by atoms with E-state index in [0.29, 0.717) is 0 Å². The van der Waals surface area contributed by atoms with E-state index in [-0.39, 0.29) is 18.0 Å². The smallest absolute Gasteiger partial charge is 0.245 e. The average molecular weight is 218 g/mol. The third-order valence-electron chi connectivity index (χ3n) is 1.48. The molecule has 14 heavy (non-hydrogen) atoms. The van der Waals surface area contributed by atoms with Gasteiger partial charge in [-0.25, -0.2) is 13.1 Å². The summed E-state index contributed by atoms with van der Waals surface area (Å²) in [5.41, 5.74) is -0.589. The lowest BCUT2D eigenvalue weighted by molar-refractivity contribution is 0.301. The molecule has 0 fully saturated rings. The van der Waals surface area contributed by atoms with Crippen molar-refractivity contribution in [3.63, 3.8) is 0 Å². The zero-order chi connectivity index (χ0) is 10.6. The molecule has 1 aromatic rings. The van der Waals surface area contributed by atoms with Crippen molar-refractivity contribution >= 4 is 10.0 Å². The van der Waals surface area contributed by atoms with Crippen LogP contribution in [0.2, 0.25) is 0 Å². The molecule has 0 bridgehead atoms. The van der Waals surface area contributed by atoms with Crippen molar-refractivity contribution in [3.05, 3.63) is 28.7 Å². The molecule has 0 aromatic carbocycles. The molecule has 0 amide bonds. The van der Waals surface area contributed by atoms with Gasteiger partial charge in [0.25, 0.3) is 0 Å². The summed E-state index contributed by atoms with van der Waals surface area (Å²) in [6, 6.07) is 1.12. The average Bonchev–Trinajstić information content (AvgIpc) is 2.15. The lowest BCUT2D eigenvalue weighted by Gasteiger charge is -2.03. The van der Waals surface area contributed by atoms with Gasteiger partial charge in [-0.2, -0.15) is 0 Å². The molecule has 78 valence electrons. The van der Waals surface area contributed by atoms with Crippen LogP contribution in [0, 0.1) is 0 Å². The molecular weight excluding hydrogens is 208 g/mol. The first kappa shape index (κ1) is 10.9. The van der Waals surface area contributed by atoms with Crippen LogP contribution in [0.1, 0.15) is 0 Å². The maximum atomic E-state index is 11.4. The quantitative estimate of drug-likeness (QED) is 0.581. The van der Waals surface area contributed by atoms with E-state index in [4.69, 9.17) is 5.11 Å². The number of pyridine rings is 1. The van der Waals surface area contributed by atoms with Gasteiger partial charge >= 0.3 is 0 Å². The lowest BCUT2D eigenvalue weighted by atomic mass is 10.5. The Morgan fingerprint density at radius 2 is 2.21 bits per heavy atom. The first-order valence-corrected chi connectivity index (χ1v) is 5.34. The SMILES string of the molecule is O=c1cc[nH]cc1S(=O)(=O)NCCO. The standard InChI is InChI=1S/C7H10N2O4S/c10-4-3-9-14(12,13)7-5-8-2-1-6(7)11/h1-2,5,9-10H,3-4H2,(H,8,11). The van der Waals surface area contributed by atoms with Crippen molar-refractivity contribution in [1.29, 1.82) is 0 Å². The minimum absolute atomic E-state index is 0.114. The highest BCUT2D eigenvalue weighted by Gasteiger charge is 2.16. The van der Waals surface area contributed by atoms with Gasteiger partial charge in [0.15, 0.2) is 0 Å². The highest BCUT2D eigenvalue weighted by Crippen LogP contribution is 1.98. The maximum absolute atomic E-state index is 11.4. The Morgan fingerprint density at radius 3 is 2.79 bits per heavy atom. The maximum Gasteiger partial charge on any atom is 0.245 e. The second-order valence-electron chi connectivity index (χ2n) is 2.49. The highest BCUT2D eigenvalue weighted by molar-refractivity contribution is 7.89. The van der Waals surface area contributed by atoms with Gasteiger partial charge in [-0.3, -0.25) is 4.79 Å². The summed E-state index contributed by atoms with van der Waals surface area (Å²) >= 11 is 0. The van der Waals surface area contributed by atoms with Gasteiger partial charge in [0, 0.05) is 25.0 Å². The second-order valence-corrected chi connectivity index (χ2v) is 4.23. The number of hydrogen-bond donors (Lipinski definition) is 3. The number of aliphatic hydroxyl groups is 1. The first-order valence-electron chi connectivity index (χ1n) is 3.85. The van der Waals surface area contributed by atoms with Crippen molar-refractivity contribution < 1.29 is 13.5 Å². The molecular formula is C7H10N2O4S. The number of hydrogen-bond acceptors (Lipinski definition) is 4. The molecule has 0 aliphatic rings. The van der Waals surface area contributed by atoms with E-state index in [0.717, 1.165) is 12.3 Å². The van der Waals surface area contributed by atoms with E-state index < -0.39 is 15.5 Å². The molecule has 0 aliphatic heterocycles. The normalized spacial score (nSPS) is 11.5. The number of aliphatic hydroxyl groups excluding tert-OH is 1. The molecule has 1 aromatic heterocycles. The number of aromatic nitrogens is 1. The summed E-state index contributed by atoms with van der Waals surface area (Å²) in [6.07, 6.45) is 2.44. The van der Waals surface area contributed by atoms with Gasteiger partial charge in [0.05, 0.1) is 6.61 Å². The third kappa shape index (κ3) is 2.41. The molecule has 0 atom stereocenters. The van der Waals surface area contributed by atoms with E-state index in [9.17, 15) is 13.2 Å². The predicted octanol–water partition coefficient (Wildman–Crippen LogP) is -1.35. The Labute approximate surface area is 80.6 Å². The Kier molecular flexibility index (Phi) is 3.39. The zero-order valence-electron chi connectivity index (χ0n) is 7.23. The molecule has 6 nitrogen and oxygen atoms in total. The number of sulfonamides is 1. The minimum atomic E-state index is -3.81. The fourth-order valence-electron chi connectivity index (χ4n) is 0.869. The summed E-state index contributed by atoms with van der Waals surface area (Å²) in [6.45, 7) is -0.430. The molecule has 3 N–H and O–H groups in total. The number of rotatable bonds is 4. The Bertz CT molecular complexity index is 451. The second kappa shape index (κ2) is 4.36. The lowest BCUT2D eigenvalue weighted by Crippen LogP contribution is -2.30. The summed E-state index contributed by atoms with van der Waals surface area (Å²) in [4.78, 5) is 13.3. The van der Waals surface area contributed by atoms with Crippen molar-refractivity contribution in [2.24, 2.45) is 0 Å². The van der Waals surface area contributed by atoms with Crippen LogP contribution in [-0.2, 0) is 10.0 Å². The van der Waals surface area contributed by atoms with Crippen LogP contribution < -0.4 is 10.2 Å². The summed E-state index contributed by atoms with van der Waals surface area (Å²) < 4.78 is 24.8. The van der Waals surface area contributed by atoms with E-state index in [1.807, 2.05) is 0 Å². The van der Waals surface area contributed by atoms with E-state index >= 15 is 0 Å². The molecule has 0 spiro atoms. The van der Waals surface area contributed by atoms with Crippen LogP contribution in [0.15, 0.2) is 28.2 Å². The van der Waals surface area contributed by atoms with Crippen LogP contribution in [0.5, 0.6) is 0 Å². The molecule has 0 aliphatic carbocycles. The van der Waals surface area contributed by atoms with Gasteiger partial charge in [-0.1, -0.05) is 0 Å². The minimum Gasteiger partial charge on any atom is -0.395 e. The van der Waals surface area contributed by atoms with Gasteiger partial charge in [-0.15, -0.1) is 0 Å². The van der Waals surface area contributed by atoms with Crippen LogP contribution in [-0.4, -0.2) is 31.7 Å². The summed E-state index contributed by atoms with van der Waals surface area (Å²) in [5.74, 6) is 0. The van der Waals surface area contributed by atoms with Gasteiger partial charge in [0.1, 0.15) is 4.90 Å². The topological polar surface area (TPSA) is 99.3 Å². The summed E-state index contributed by atoms with van der Waals surface area (Å²) in [7, 11) is -3.81. The van der Waals surface area contributed by atoms with E-state index in [1.54, 1.807) is 0 Å². The van der Waals surface area contributed by atoms with Crippen LogP contribution in [0.25, 0.3) is 0 Å². The molecule has 0 saturated carbocycles. The highest BCUT2D eigenvalue weighted by atomic mass is 32.2. The molecule has 0 saturated heterocycles. The first-order chi connectivity index (χ1) is 6.58. The van der Waals surface area contributed by atoms with Crippen LogP contribution >= 0.6 is 0 Å². The molecule has 1 rings (SSSR count). The van der Waals surface area contributed by atoms with Gasteiger partial charge in [0.2, 0.25) is 15.5 Å². The zero-order valence-corrected chi connectivity index (χ0v) is 8.04. The van der Waals surface area contributed by atoms with E-state index in [2.05, 4.69) is 9.71 Å². The fraction of sp³-hybridized carbons (Fsp3) is 0.286. The molecule has 0 unspecified atom stereocenters.